The van der Waals surface area contributed by atoms with Gasteiger partial charge < -0.3 is 4.74 Å². The van der Waals surface area contributed by atoms with Gasteiger partial charge in [-0.15, -0.1) is 0 Å². The van der Waals surface area contributed by atoms with Crippen molar-refractivity contribution in [2.45, 2.75) is 50.5 Å². The van der Waals surface area contributed by atoms with Gasteiger partial charge in [0.2, 0.25) is 0 Å². The molecular formula is C16H20O2. The van der Waals surface area contributed by atoms with Crippen LogP contribution < -0.4 is 0 Å². The minimum absolute atomic E-state index is 0.156. The lowest BCUT2D eigenvalue weighted by atomic mass is 9.80. The molecule has 1 unspecified atom stereocenters. The lowest BCUT2D eigenvalue weighted by molar-refractivity contribution is 0.0775. The Kier molecular flexibility index (Phi) is 3.46. The molecule has 2 nitrogen and oxygen atoms in total. The molecule has 1 aliphatic heterocycles. The van der Waals surface area contributed by atoms with Gasteiger partial charge in [0.25, 0.3) is 0 Å². The lowest BCUT2D eigenvalue weighted by Gasteiger charge is -2.25. The quantitative estimate of drug-likeness (QED) is 0.755. The molecule has 2 aliphatic rings. The van der Waals surface area contributed by atoms with Crippen molar-refractivity contribution in [1.29, 1.82) is 0 Å². The molecular weight excluding hydrogens is 224 g/mol. The zero-order chi connectivity index (χ0) is 12.4. The molecule has 2 fully saturated rings. The molecule has 1 aliphatic carbocycles. The van der Waals surface area contributed by atoms with Gasteiger partial charge in [0.15, 0.2) is 5.78 Å². The third-order valence-electron chi connectivity index (χ3n) is 4.25. The molecule has 1 saturated carbocycles. The second-order valence-electron chi connectivity index (χ2n) is 5.51. The zero-order valence-electron chi connectivity index (χ0n) is 10.7. The third-order valence-corrected chi connectivity index (χ3v) is 4.25. The van der Waals surface area contributed by atoms with Gasteiger partial charge in [0, 0.05) is 18.6 Å². The maximum atomic E-state index is 12.1. The fourth-order valence-corrected chi connectivity index (χ4v) is 2.81. The highest BCUT2D eigenvalue weighted by Crippen LogP contribution is 2.36. The molecule has 3 rings (SSSR count). The van der Waals surface area contributed by atoms with E-state index >= 15 is 0 Å². The van der Waals surface area contributed by atoms with Crippen molar-refractivity contribution in [2.24, 2.45) is 0 Å². The number of ether oxygens (including phenoxy) is 1. The Balaban J connectivity index is 1.62. The van der Waals surface area contributed by atoms with Gasteiger partial charge in [-0.1, -0.05) is 30.7 Å². The first-order valence-corrected chi connectivity index (χ1v) is 7.08. The van der Waals surface area contributed by atoms with Crippen LogP contribution in [0.3, 0.4) is 0 Å². The largest absolute Gasteiger partial charge is 0.378 e. The summed E-state index contributed by atoms with van der Waals surface area (Å²) in [4.78, 5) is 12.1. The molecule has 0 radical (unpaired) electrons. The number of carbonyl (C=O) groups is 1. The second-order valence-corrected chi connectivity index (χ2v) is 5.51. The number of carbonyl (C=O) groups excluding carboxylic acids is 1. The Labute approximate surface area is 108 Å². The molecule has 18 heavy (non-hydrogen) atoms. The number of rotatable bonds is 4. The standard InChI is InChI=1S/C16H20O2/c17-16(11-15-5-2-10-18-15)14-8-6-13(7-9-14)12-3-1-4-12/h6-9,12,15H,1-5,10-11H2. The van der Waals surface area contributed by atoms with Crippen LogP contribution in [0.5, 0.6) is 0 Å². The monoisotopic (exact) mass is 244 g/mol. The van der Waals surface area contributed by atoms with Gasteiger partial charge in [0.05, 0.1) is 6.10 Å². The van der Waals surface area contributed by atoms with Crippen LogP contribution in [0.2, 0.25) is 0 Å². The van der Waals surface area contributed by atoms with E-state index < -0.39 is 0 Å². The third kappa shape index (κ3) is 2.49. The highest BCUT2D eigenvalue weighted by atomic mass is 16.5. The van der Waals surface area contributed by atoms with Crippen LogP contribution in [-0.4, -0.2) is 18.5 Å². The van der Waals surface area contributed by atoms with Crippen LogP contribution in [-0.2, 0) is 4.74 Å². The van der Waals surface area contributed by atoms with E-state index in [1.165, 1.54) is 24.8 Å². The Hall–Kier alpha value is -1.15. The minimum Gasteiger partial charge on any atom is -0.378 e. The summed E-state index contributed by atoms with van der Waals surface area (Å²) in [6.07, 6.45) is 6.80. The van der Waals surface area contributed by atoms with Crippen LogP contribution in [0.25, 0.3) is 0 Å². The van der Waals surface area contributed by atoms with Crippen LogP contribution in [0.1, 0.15) is 60.4 Å². The van der Waals surface area contributed by atoms with Crippen LogP contribution in [0, 0.1) is 0 Å². The van der Waals surface area contributed by atoms with Crippen molar-refractivity contribution in [1.82, 2.24) is 0 Å². The second kappa shape index (κ2) is 5.23. The van der Waals surface area contributed by atoms with Crippen molar-refractivity contribution in [2.75, 3.05) is 6.61 Å². The molecule has 1 saturated heterocycles. The van der Waals surface area contributed by atoms with E-state index in [0.29, 0.717) is 6.42 Å². The summed E-state index contributed by atoms with van der Waals surface area (Å²) >= 11 is 0. The summed E-state index contributed by atoms with van der Waals surface area (Å²) in [5.74, 6) is 0.967. The van der Waals surface area contributed by atoms with E-state index in [4.69, 9.17) is 4.74 Å². The normalized spacial score (nSPS) is 23.9. The van der Waals surface area contributed by atoms with Gasteiger partial charge in [-0.3, -0.25) is 4.79 Å². The summed E-state index contributed by atoms with van der Waals surface area (Å²) in [7, 11) is 0. The number of benzene rings is 1. The number of hydrogen-bond acceptors (Lipinski definition) is 2. The van der Waals surface area contributed by atoms with Gasteiger partial charge in [-0.05, 0) is 37.2 Å². The van der Waals surface area contributed by atoms with Crippen molar-refractivity contribution < 1.29 is 9.53 Å². The summed E-state index contributed by atoms with van der Waals surface area (Å²) < 4.78 is 5.51. The Morgan fingerprint density at radius 1 is 1.11 bits per heavy atom. The first-order valence-electron chi connectivity index (χ1n) is 7.08. The molecule has 0 amide bonds. The van der Waals surface area contributed by atoms with E-state index in [0.717, 1.165) is 30.9 Å². The highest BCUT2D eigenvalue weighted by Gasteiger charge is 2.21. The number of ketones is 1. The smallest absolute Gasteiger partial charge is 0.165 e. The molecule has 1 aromatic carbocycles. The number of Topliss-reactive ketones (excluding diaryl/α,β-unsaturated/α-hetero) is 1. The van der Waals surface area contributed by atoms with Gasteiger partial charge in [0.1, 0.15) is 0 Å². The predicted octanol–water partition coefficient (Wildman–Crippen LogP) is 3.71. The van der Waals surface area contributed by atoms with E-state index in [2.05, 4.69) is 12.1 Å². The van der Waals surface area contributed by atoms with E-state index in [9.17, 15) is 4.79 Å². The van der Waals surface area contributed by atoms with Crippen LogP contribution >= 0.6 is 0 Å². The zero-order valence-corrected chi connectivity index (χ0v) is 10.7. The molecule has 1 heterocycles. The van der Waals surface area contributed by atoms with Crippen molar-refractivity contribution in [3.8, 4) is 0 Å². The minimum atomic E-state index is 0.156. The Bertz CT molecular complexity index is 411. The Morgan fingerprint density at radius 2 is 1.89 bits per heavy atom. The maximum absolute atomic E-state index is 12.1. The molecule has 2 heteroatoms. The highest BCUT2D eigenvalue weighted by molar-refractivity contribution is 5.96. The van der Waals surface area contributed by atoms with Gasteiger partial charge >= 0.3 is 0 Å². The SMILES string of the molecule is O=C(CC1CCCO1)c1ccc(C2CCC2)cc1. The molecule has 1 aromatic rings. The first-order chi connectivity index (χ1) is 8.83. The van der Waals surface area contributed by atoms with Crippen molar-refractivity contribution >= 4 is 5.78 Å². The van der Waals surface area contributed by atoms with Crippen molar-refractivity contribution in [3.05, 3.63) is 35.4 Å². The maximum Gasteiger partial charge on any atom is 0.165 e. The Morgan fingerprint density at radius 3 is 2.44 bits per heavy atom. The fourth-order valence-electron chi connectivity index (χ4n) is 2.81. The summed E-state index contributed by atoms with van der Waals surface area (Å²) in [5.41, 5.74) is 2.24. The molecule has 96 valence electrons. The van der Waals surface area contributed by atoms with E-state index in [1.54, 1.807) is 0 Å². The average molecular weight is 244 g/mol. The van der Waals surface area contributed by atoms with Gasteiger partial charge in [-0.25, -0.2) is 0 Å². The fraction of sp³-hybridized carbons (Fsp3) is 0.562. The van der Waals surface area contributed by atoms with Gasteiger partial charge in [-0.2, -0.15) is 0 Å². The molecule has 0 spiro atoms. The summed E-state index contributed by atoms with van der Waals surface area (Å²) in [5, 5.41) is 0. The summed E-state index contributed by atoms with van der Waals surface area (Å²) in [6, 6.07) is 8.25. The molecule has 0 N–H and O–H groups in total. The van der Waals surface area contributed by atoms with E-state index in [1.807, 2.05) is 12.1 Å². The van der Waals surface area contributed by atoms with Crippen LogP contribution in [0.4, 0.5) is 0 Å². The van der Waals surface area contributed by atoms with E-state index in [-0.39, 0.29) is 11.9 Å². The average Bonchev–Trinajstić information content (AvgIpc) is 2.80. The first kappa shape index (κ1) is 11.9. The number of hydrogen-bond donors (Lipinski definition) is 0. The molecule has 0 bridgehead atoms. The lowest BCUT2D eigenvalue weighted by Crippen LogP contribution is -2.13. The topological polar surface area (TPSA) is 26.3 Å². The van der Waals surface area contributed by atoms with Crippen molar-refractivity contribution in [3.63, 3.8) is 0 Å². The summed E-state index contributed by atoms with van der Waals surface area (Å²) in [6.45, 7) is 0.818. The predicted molar refractivity (Wildman–Crippen MR) is 71.0 cm³/mol. The molecule has 1 atom stereocenters. The van der Waals surface area contributed by atoms with Crippen LogP contribution in [0.15, 0.2) is 24.3 Å². The molecule has 0 aromatic heterocycles.